The van der Waals surface area contributed by atoms with Crippen molar-refractivity contribution in [1.29, 1.82) is 0 Å². The lowest BCUT2D eigenvalue weighted by atomic mass is 10.1. The van der Waals surface area contributed by atoms with Crippen LogP contribution in [0.4, 0.5) is 5.69 Å². The highest BCUT2D eigenvalue weighted by Crippen LogP contribution is 2.18. The molecule has 11 heteroatoms. The van der Waals surface area contributed by atoms with Crippen LogP contribution in [0, 0.1) is 10.1 Å². The topological polar surface area (TPSA) is 137 Å². The van der Waals surface area contributed by atoms with E-state index >= 15 is 0 Å². The summed E-state index contributed by atoms with van der Waals surface area (Å²) in [6.07, 6.45) is -0.369. The molecule has 0 spiro atoms. The number of halogens is 1. The molecule has 2 aromatic carbocycles. The van der Waals surface area contributed by atoms with Gasteiger partial charge in [-0.15, -0.1) is 0 Å². The Labute approximate surface area is 169 Å². The van der Waals surface area contributed by atoms with Crippen LogP contribution in [0.25, 0.3) is 0 Å². The summed E-state index contributed by atoms with van der Waals surface area (Å²) < 4.78 is 9.93. The van der Waals surface area contributed by atoms with Crippen LogP contribution in [0.5, 0.6) is 5.75 Å². The van der Waals surface area contributed by atoms with E-state index in [0.29, 0.717) is 10.8 Å². The van der Waals surface area contributed by atoms with Crippen molar-refractivity contribution in [1.82, 2.24) is 10.9 Å². The van der Waals surface area contributed by atoms with Crippen molar-refractivity contribution in [2.45, 2.75) is 6.42 Å². The molecule has 0 saturated carbocycles. The van der Waals surface area contributed by atoms with Gasteiger partial charge in [-0.2, -0.15) is 0 Å². The number of para-hydroxylation sites is 1. The first-order valence-electron chi connectivity index (χ1n) is 8.19. The van der Waals surface area contributed by atoms with Gasteiger partial charge in [0, 0.05) is 16.7 Å². The van der Waals surface area contributed by atoms with Gasteiger partial charge < -0.3 is 9.47 Å². The first-order valence-corrected chi connectivity index (χ1v) is 8.57. The number of carbonyl (C=O) groups is 3. The molecule has 0 aromatic heterocycles. The highest BCUT2D eigenvalue weighted by Gasteiger charge is 2.17. The van der Waals surface area contributed by atoms with Crippen LogP contribution in [-0.4, -0.2) is 35.9 Å². The summed E-state index contributed by atoms with van der Waals surface area (Å²) in [6, 6.07) is 12.0. The molecular formula is C18H16ClN3O7. The molecule has 10 nitrogen and oxygen atoms in total. The van der Waals surface area contributed by atoms with Gasteiger partial charge >= 0.3 is 5.97 Å². The number of nitro benzene ring substituents is 1. The number of nitrogens with one attached hydrogen (secondary N) is 2. The molecule has 0 bridgehead atoms. The predicted molar refractivity (Wildman–Crippen MR) is 101 cm³/mol. The van der Waals surface area contributed by atoms with Gasteiger partial charge in [0.1, 0.15) is 5.75 Å². The maximum Gasteiger partial charge on any atom is 0.311 e. The largest absolute Gasteiger partial charge is 0.484 e. The Kier molecular flexibility index (Phi) is 7.92. The number of esters is 1. The lowest BCUT2D eigenvalue weighted by Gasteiger charge is -2.09. The van der Waals surface area contributed by atoms with Gasteiger partial charge in [-0.25, -0.2) is 0 Å². The second kappa shape index (κ2) is 10.6. The van der Waals surface area contributed by atoms with Crippen LogP contribution in [0.2, 0.25) is 5.02 Å². The Balaban J connectivity index is 1.68. The van der Waals surface area contributed by atoms with E-state index in [1.54, 1.807) is 30.3 Å². The van der Waals surface area contributed by atoms with Crippen LogP contribution in [0.15, 0.2) is 48.5 Å². The number of nitro groups is 1. The molecule has 29 heavy (non-hydrogen) atoms. The van der Waals surface area contributed by atoms with E-state index in [0.717, 1.165) is 0 Å². The van der Waals surface area contributed by atoms with Crippen molar-refractivity contribution < 1.29 is 28.8 Å². The van der Waals surface area contributed by atoms with Gasteiger partial charge in [0.25, 0.3) is 17.5 Å². The summed E-state index contributed by atoms with van der Waals surface area (Å²) in [5.41, 5.74) is 4.09. The third-order valence-electron chi connectivity index (χ3n) is 3.41. The third kappa shape index (κ3) is 7.46. The number of amides is 2. The molecule has 0 aliphatic rings. The average Bonchev–Trinajstić information content (AvgIpc) is 2.70. The number of hydrazine groups is 1. The van der Waals surface area contributed by atoms with Crippen LogP contribution >= 0.6 is 11.6 Å². The molecule has 2 aromatic rings. The van der Waals surface area contributed by atoms with Gasteiger partial charge in [0.05, 0.1) is 11.3 Å². The fourth-order valence-corrected chi connectivity index (χ4v) is 2.21. The summed E-state index contributed by atoms with van der Waals surface area (Å²) in [6.45, 7) is -1.03. The maximum atomic E-state index is 11.8. The first-order chi connectivity index (χ1) is 13.8. The van der Waals surface area contributed by atoms with Crippen molar-refractivity contribution >= 4 is 35.1 Å². The van der Waals surface area contributed by atoms with Crippen molar-refractivity contribution in [2.75, 3.05) is 13.2 Å². The SMILES string of the molecule is O=C(COC(=O)Cc1ccccc1[N+](=O)[O-])NNC(=O)COc1ccc(Cl)cc1. The van der Waals surface area contributed by atoms with E-state index in [4.69, 9.17) is 21.1 Å². The normalized spacial score (nSPS) is 9.97. The van der Waals surface area contributed by atoms with Crippen LogP contribution in [-0.2, 0) is 25.5 Å². The molecule has 2 rings (SSSR count). The number of rotatable bonds is 8. The second-order valence-corrected chi connectivity index (χ2v) is 6.00. The maximum absolute atomic E-state index is 11.8. The molecule has 0 unspecified atom stereocenters. The number of ether oxygens (including phenoxy) is 2. The second-order valence-electron chi connectivity index (χ2n) is 5.56. The minimum absolute atomic E-state index is 0.163. The van der Waals surface area contributed by atoms with Gasteiger partial charge in [0.2, 0.25) is 0 Å². The van der Waals surface area contributed by atoms with E-state index in [1.807, 2.05) is 0 Å². The zero-order valence-corrected chi connectivity index (χ0v) is 15.7. The van der Waals surface area contributed by atoms with Crippen LogP contribution < -0.4 is 15.6 Å². The molecule has 2 amide bonds. The minimum atomic E-state index is -0.827. The molecule has 0 aliphatic carbocycles. The Morgan fingerprint density at radius 1 is 0.966 bits per heavy atom. The summed E-state index contributed by atoms with van der Waals surface area (Å²) in [5.74, 6) is -1.84. The van der Waals surface area contributed by atoms with Crippen molar-refractivity contribution in [3.05, 3.63) is 69.2 Å². The summed E-state index contributed by atoms with van der Waals surface area (Å²) in [5, 5.41) is 11.4. The lowest BCUT2D eigenvalue weighted by Crippen LogP contribution is -2.45. The van der Waals surface area contributed by atoms with Crippen molar-refractivity contribution in [3.8, 4) is 5.75 Å². The number of carbonyl (C=O) groups excluding carboxylic acids is 3. The number of hydrogen-bond donors (Lipinski definition) is 2. The highest BCUT2D eigenvalue weighted by atomic mass is 35.5. The predicted octanol–water partition coefficient (Wildman–Crippen LogP) is 1.56. The van der Waals surface area contributed by atoms with Crippen LogP contribution in [0.3, 0.4) is 0 Å². The van der Waals surface area contributed by atoms with Gasteiger partial charge in [-0.05, 0) is 24.3 Å². The number of benzene rings is 2. The van der Waals surface area contributed by atoms with Crippen molar-refractivity contribution in [3.63, 3.8) is 0 Å². The van der Waals surface area contributed by atoms with E-state index in [2.05, 4.69) is 10.9 Å². The zero-order chi connectivity index (χ0) is 21.2. The van der Waals surface area contributed by atoms with Crippen LogP contribution in [0.1, 0.15) is 5.56 Å². The molecule has 0 saturated heterocycles. The Morgan fingerprint density at radius 2 is 1.59 bits per heavy atom. The van der Waals surface area contributed by atoms with Crippen molar-refractivity contribution in [2.24, 2.45) is 0 Å². The summed E-state index contributed by atoms with van der Waals surface area (Å²) >= 11 is 5.73. The number of nitrogens with zero attached hydrogens (tertiary/aromatic N) is 1. The standard InChI is InChI=1S/C18H16ClN3O7/c19-13-5-7-14(8-6-13)28-10-16(23)20-21-17(24)11-29-18(25)9-12-3-1-2-4-15(12)22(26)27/h1-8H,9-11H2,(H,20,23)(H,21,24). The van der Waals surface area contributed by atoms with E-state index in [1.165, 1.54) is 18.2 Å². The molecule has 0 heterocycles. The Hall–Kier alpha value is -3.66. The molecule has 0 atom stereocenters. The minimum Gasteiger partial charge on any atom is -0.484 e. The van der Waals surface area contributed by atoms with E-state index in [-0.39, 0.29) is 24.3 Å². The Bertz CT molecular complexity index is 903. The van der Waals surface area contributed by atoms with E-state index < -0.39 is 29.3 Å². The fraction of sp³-hybridized carbons (Fsp3) is 0.167. The molecular weight excluding hydrogens is 406 g/mol. The molecule has 0 fully saturated rings. The average molecular weight is 422 g/mol. The third-order valence-corrected chi connectivity index (χ3v) is 3.66. The number of hydrogen-bond acceptors (Lipinski definition) is 7. The molecule has 0 radical (unpaired) electrons. The van der Waals surface area contributed by atoms with Gasteiger partial charge in [-0.1, -0.05) is 29.8 Å². The van der Waals surface area contributed by atoms with E-state index in [9.17, 15) is 24.5 Å². The van der Waals surface area contributed by atoms with Gasteiger partial charge in [0.15, 0.2) is 13.2 Å². The summed E-state index contributed by atoms with van der Waals surface area (Å²) in [4.78, 5) is 45.3. The quantitative estimate of drug-likeness (QED) is 0.375. The lowest BCUT2D eigenvalue weighted by molar-refractivity contribution is -0.385. The molecule has 2 N–H and O–H groups in total. The smallest absolute Gasteiger partial charge is 0.311 e. The van der Waals surface area contributed by atoms with Gasteiger partial charge in [-0.3, -0.25) is 35.3 Å². The summed E-state index contributed by atoms with van der Waals surface area (Å²) in [7, 11) is 0. The molecule has 0 aliphatic heterocycles. The zero-order valence-electron chi connectivity index (χ0n) is 14.9. The highest BCUT2D eigenvalue weighted by molar-refractivity contribution is 6.30. The Morgan fingerprint density at radius 3 is 2.24 bits per heavy atom. The fourth-order valence-electron chi connectivity index (χ4n) is 2.08. The first kappa shape index (κ1) is 21.6. The molecule has 152 valence electrons. The monoisotopic (exact) mass is 421 g/mol.